The summed E-state index contributed by atoms with van der Waals surface area (Å²) < 4.78 is 12.6. The van der Waals surface area contributed by atoms with Crippen LogP contribution in [0.4, 0.5) is 0 Å². The third kappa shape index (κ3) is 2.44. The normalized spacial score (nSPS) is 16.5. The Balaban J connectivity index is 2.25. The molecule has 2 heterocycles. The highest BCUT2D eigenvalue weighted by Gasteiger charge is 2.23. The molecule has 1 unspecified atom stereocenters. The van der Waals surface area contributed by atoms with E-state index in [4.69, 9.17) is 9.47 Å². The second-order valence-corrected chi connectivity index (χ2v) is 3.97. The van der Waals surface area contributed by atoms with E-state index in [-0.39, 0.29) is 6.04 Å². The van der Waals surface area contributed by atoms with Crippen molar-refractivity contribution in [1.29, 1.82) is 0 Å². The third-order valence-corrected chi connectivity index (χ3v) is 2.79. The minimum Gasteiger partial charge on any atom is -0.496 e. The second kappa shape index (κ2) is 5.23. The van der Waals surface area contributed by atoms with Gasteiger partial charge in [-0.25, -0.2) is 4.68 Å². The van der Waals surface area contributed by atoms with Crippen molar-refractivity contribution in [2.45, 2.75) is 19.4 Å². The van der Waals surface area contributed by atoms with E-state index in [1.807, 2.05) is 13.1 Å². The SMILES string of the molecule is CCNC(C1=CCCO1)c1cc(OC)n(C)n1. The van der Waals surface area contributed by atoms with Gasteiger partial charge in [-0.2, -0.15) is 5.10 Å². The van der Waals surface area contributed by atoms with Gasteiger partial charge in [0, 0.05) is 19.5 Å². The maximum absolute atomic E-state index is 5.61. The summed E-state index contributed by atoms with van der Waals surface area (Å²) in [5, 5.41) is 7.83. The molecule has 0 aliphatic carbocycles. The Bertz CT molecular complexity index is 412. The minimum atomic E-state index is 0.0256. The van der Waals surface area contributed by atoms with Crippen molar-refractivity contribution in [3.63, 3.8) is 0 Å². The minimum absolute atomic E-state index is 0.0256. The lowest BCUT2D eigenvalue weighted by Crippen LogP contribution is -2.23. The molecule has 0 radical (unpaired) electrons. The highest BCUT2D eigenvalue weighted by atomic mass is 16.5. The maximum atomic E-state index is 5.61. The summed E-state index contributed by atoms with van der Waals surface area (Å²) in [7, 11) is 3.52. The number of aryl methyl sites for hydroxylation is 1. The summed E-state index contributed by atoms with van der Waals surface area (Å²) in [4.78, 5) is 0. The van der Waals surface area contributed by atoms with Crippen molar-refractivity contribution in [1.82, 2.24) is 15.1 Å². The highest BCUT2D eigenvalue weighted by Crippen LogP contribution is 2.27. The van der Waals surface area contributed by atoms with Crippen LogP contribution in [0.1, 0.15) is 25.1 Å². The third-order valence-electron chi connectivity index (χ3n) is 2.79. The van der Waals surface area contributed by atoms with Crippen LogP contribution in [-0.4, -0.2) is 30.0 Å². The molecule has 0 saturated carbocycles. The van der Waals surface area contributed by atoms with Crippen molar-refractivity contribution >= 4 is 0 Å². The van der Waals surface area contributed by atoms with Crippen LogP contribution in [-0.2, 0) is 11.8 Å². The zero-order valence-electron chi connectivity index (χ0n) is 10.6. The zero-order valence-corrected chi connectivity index (χ0v) is 10.6. The number of hydrogen-bond acceptors (Lipinski definition) is 4. The fraction of sp³-hybridized carbons (Fsp3) is 0.583. The van der Waals surface area contributed by atoms with Crippen LogP contribution < -0.4 is 10.1 Å². The number of likely N-dealkylation sites (N-methyl/N-ethyl adjacent to an activating group) is 1. The van der Waals surface area contributed by atoms with Gasteiger partial charge in [-0.15, -0.1) is 0 Å². The van der Waals surface area contributed by atoms with Crippen molar-refractivity contribution in [2.75, 3.05) is 20.3 Å². The van der Waals surface area contributed by atoms with Gasteiger partial charge in [0.15, 0.2) is 0 Å². The number of ether oxygens (including phenoxy) is 2. The molecule has 0 aromatic carbocycles. The van der Waals surface area contributed by atoms with Gasteiger partial charge in [0.2, 0.25) is 5.88 Å². The molecule has 0 spiro atoms. The Morgan fingerprint density at radius 1 is 1.65 bits per heavy atom. The Hall–Kier alpha value is -1.49. The van der Waals surface area contributed by atoms with Gasteiger partial charge < -0.3 is 14.8 Å². The molecule has 17 heavy (non-hydrogen) atoms. The summed E-state index contributed by atoms with van der Waals surface area (Å²) in [6.07, 6.45) is 3.09. The van der Waals surface area contributed by atoms with Crippen LogP contribution in [0.25, 0.3) is 0 Å². The Morgan fingerprint density at radius 3 is 3.00 bits per heavy atom. The number of aromatic nitrogens is 2. The quantitative estimate of drug-likeness (QED) is 0.840. The lowest BCUT2D eigenvalue weighted by molar-refractivity contribution is 0.214. The average molecular weight is 237 g/mol. The number of rotatable bonds is 5. The fourth-order valence-corrected chi connectivity index (χ4v) is 2.00. The van der Waals surface area contributed by atoms with Gasteiger partial charge >= 0.3 is 0 Å². The molecule has 0 fully saturated rings. The first kappa shape index (κ1) is 12.0. The first-order valence-corrected chi connectivity index (χ1v) is 5.90. The molecule has 1 aliphatic rings. The molecule has 1 aromatic rings. The molecule has 1 N–H and O–H groups in total. The average Bonchev–Trinajstić information content (AvgIpc) is 2.95. The van der Waals surface area contributed by atoms with E-state index in [0.717, 1.165) is 36.9 Å². The Labute approximate surface area is 101 Å². The van der Waals surface area contributed by atoms with Crippen LogP contribution in [0.5, 0.6) is 5.88 Å². The highest BCUT2D eigenvalue weighted by molar-refractivity contribution is 5.25. The van der Waals surface area contributed by atoms with Gasteiger partial charge in [0.1, 0.15) is 11.8 Å². The van der Waals surface area contributed by atoms with Crippen LogP contribution >= 0.6 is 0 Å². The lowest BCUT2D eigenvalue weighted by Gasteiger charge is -2.16. The van der Waals surface area contributed by atoms with Crippen LogP contribution in [0.2, 0.25) is 0 Å². The summed E-state index contributed by atoms with van der Waals surface area (Å²) >= 11 is 0. The predicted molar refractivity (Wildman–Crippen MR) is 64.8 cm³/mol. The summed E-state index contributed by atoms with van der Waals surface area (Å²) in [6, 6.07) is 1.97. The van der Waals surface area contributed by atoms with E-state index in [1.165, 1.54) is 0 Å². The number of nitrogens with zero attached hydrogens (tertiary/aromatic N) is 2. The van der Waals surface area contributed by atoms with E-state index in [1.54, 1.807) is 11.8 Å². The first-order chi connectivity index (χ1) is 8.26. The van der Waals surface area contributed by atoms with E-state index in [0.29, 0.717) is 0 Å². The molecule has 1 atom stereocenters. The number of hydrogen-bond donors (Lipinski definition) is 1. The second-order valence-electron chi connectivity index (χ2n) is 3.97. The maximum Gasteiger partial charge on any atom is 0.211 e. The molecule has 94 valence electrons. The molecular weight excluding hydrogens is 218 g/mol. The lowest BCUT2D eigenvalue weighted by atomic mass is 10.1. The van der Waals surface area contributed by atoms with Crippen LogP contribution in [0.3, 0.4) is 0 Å². The van der Waals surface area contributed by atoms with Crippen LogP contribution in [0, 0.1) is 0 Å². The summed E-state index contributed by atoms with van der Waals surface area (Å²) in [6.45, 7) is 3.70. The smallest absolute Gasteiger partial charge is 0.211 e. The molecule has 5 nitrogen and oxygen atoms in total. The Kier molecular flexibility index (Phi) is 3.68. The molecule has 0 saturated heterocycles. The molecule has 1 aromatic heterocycles. The monoisotopic (exact) mass is 237 g/mol. The summed E-state index contributed by atoms with van der Waals surface area (Å²) in [5.41, 5.74) is 0.930. The van der Waals surface area contributed by atoms with Gasteiger partial charge in [-0.05, 0) is 12.6 Å². The largest absolute Gasteiger partial charge is 0.496 e. The predicted octanol–water partition coefficient (Wildman–Crippen LogP) is 1.38. The van der Waals surface area contributed by atoms with Gasteiger partial charge in [-0.1, -0.05) is 6.92 Å². The Morgan fingerprint density at radius 2 is 2.47 bits per heavy atom. The molecule has 5 heteroatoms. The van der Waals surface area contributed by atoms with E-state index >= 15 is 0 Å². The van der Waals surface area contributed by atoms with Crippen molar-refractivity contribution in [3.05, 3.63) is 23.6 Å². The fourth-order valence-electron chi connectivity index (χ4n) is 2.00. The van der Waals surface area contributed by atoms with Gasteiger partial charge in [0.25, 0.3) is 0 Å². The summed E-state index contributed by atoms with van der Waals surface area (Å²) in [5.74, 6) is 1.72. The standard InChI is InChI=1S/C12H19N3O2/c1-4-13-12(10-6-5-7-17-10)9-8-11(16-3)15(2)14-9/h6,8,12-13H,4-5,7H2,1-3H3. The molecule has 0 amide bonds. The van der Waals surface area contributed by atoms with E-state index < -0.39 is 0 Å². The van der Waals surface area contributed by atoms with Gasteiger partial charge in [0.05, 0.1) is 19.4 Å². The number of nitrogens with one attached hydrogen (secondary N) is 1. The van der Waals surface area contributed by atoms with Crippen molar-refractivity contribution in [2.24, 2.45) is 7.05 Å². The zero-order chi connectivity index (χ0) is 12.3. The topological polar surface area (TPSA) is 48.3 Å². The van der Waals surface area contributed by atoms with E-state index in [9.17, 15) is 0 Å². The van der Waals surface area contributed by atoms with Crippen molar-refractivity contribution < 1.29 is 9.47 Å². The van der Waals surface area contributed by atoms with Crippen molar-refractivity contribution in [3.8, 4) is 5.88 Å². The molecule has 1 aliphatic heterocycles. The van der Waals surface area contributed by atoms with Crippen LogP contribution in [0.15, 0.2) is 17.9 Å². The van der Waals surface area contributed by atoms with E-state index in [2.05, 4.69) is 23.4 Å². The van der Waals surface area contributed by atoms with Gasteiger partial charge in [-0.3, -0.25) is 0 Å². The first-order valence-electron chi connectivity index (χ1n) is 5.90. The molecule has 0 bridgehead atoms. The molecule has 2 rings (SSSR count). The molecular formula is C12H19N3O2. The number of methoxy groups -OCH3 is 1.